The van der Waals surface area contributed by atoms with Crippen LogP contribution >= 0.6 is 0 Å². The van der Waals surface area contributed by atoms with E-state index in [1.165, 1.54) is 25.7 Å². The van der Waals surface area contributed by atoms with Gasteiger partial charge < -0.3 is 16.0 Å². The van der Waals surface area contributed by atoms with Crippen molar-refractivity contribution >= 4 is 5.91 Å². The lowest BCUT2D eigenvalue weighted by Crippen LogP contribution is -2.38. The van der Waals surface area contributed by atoms with E-state index in [0.29, 0.717) is 24.3 Å². The molecule has 4 heteroatoms. The van der Waals surface area contributed by atoms with Crippen molar-refractivity contribution in [3.63, 3.8) is 0 Å². The highest BCUT2D eigenvalue weighted by atomic mass is 16.1. The fourth-order valence-corrected chi connectivity index (χ4v) is 3.38. The Morgan fingerprint density at radius 2 is 1.95 bits per heavy atom. The van der Waals surface area contributed by atoms with E-state index in [9.17, 15) is 4.79 Å². The quantitative estimate of drug-likeness (QED) is 0.808. The highest BCUT2D eigenvalue weighted by Gasteiger charge is 2.22. The topological polar surface area (TPSA) is 58.4 Å². The van der Waals surface area contributed by atoms with Gasteiger partial charge in [0.1, 0.15) is 0 Å². The van der Waals surface area contributed by atoms with Gasteiger partial charge in [0.25, 0.3) is 0 Å². The van der Waals surface area contributed by atoms with Crippen molar-refractivity contribution in [2.24, 2.45) is 17.6 Å². The van der Waals surface area contributed by atoms with Gasteiger partial charge in [0, 0.05) is 19.0 Å². The van der Waals surface area contributed by atoms with Crippen LogP contribution in [-0.4, -0.2) is 43.5 Å². The number of carbonyl (C=O) groups excluding carboxylic acids is 1. The molecular weight excluding hydrogens is 238 g/mol. The van der Waals surface area contributed by atoms with Gasteiger partial charge in [-0.2, -0.15) is 0 Å². The number of hydrogen-bond donors (Lipinski definition) is 2. The van der Waals surface area contributed by atoms with Gasteiger partial charge in [-0.1, -0.05) is 6.42 Å². The Kier molecular flexibility index (Phi) is 5.64. The third kappa shape index (κ3) is 5.11. The number of rotatable bonds is 4. The van der Waals surface area contributed by atoms with E-state index in [1.54, 1.807) is 0 Å². The third-order valence-corrected chi connectivity index (χ3v) is 4.72. The largest absolute Gasteiger partial charge is 0.356 e. The lowest BCUT2D eigenvalue weighted by Gasteiger charge is -2.29. The molecule has 1 saturated heterocycles. The monoisotopic (exact) mass is 267 g/mol. The zero-order chi connectivity index (χ0) is 13.7. The molecule has 4 nitrogen and oxygen atoms in total. The smallest absolute Gasteiger partial charge is 0.220 e. The summed E-state index contributed by atoms with van der Waals surface area (Å²) >= 11 is 0. The van der Waals surface area contributed by atoms with Gasteiger partial charge in [-0.05, 0) is 64.1 Å². The Bertz CT molecular complexity index is 287. The standard InChI is InChI=1S/C15H29N3O/c1-18-7-5-12(6-8-18)11-17-15(19)10-13-3-2-4-14(16)9-13/h12-14H,2-11,16H2,1H3,(H,17,19). The Morgan fingerprint density at radius 1 is 1.21 bits per heavy atom. The normalized spacial score (nSPS) is 30.2. The van der Waals surface area contributed by atoms with Crippen LogP contribution in [0.1, 0.15) is 44.9 Å². The molecule has 19 heavy (non-hydrogen) atoms. The number of hydrogen-bond acceptors (Lipinski definition) is 3. The Hall–Kier alpha value is -0.610. The van der Waals surface area contributed by atoms with Crippen LogP contribution in [0.15, 0.2) is 0 Å². The molecule has 0 aromatic rings. The highest BCUT2D eigenvalue weighted by Crippen LogP contribution is 2.25. The Balaban J connectivity index is 1.61. The summed E-state index contributed by atoms with van der Waals surface area (Å²) < 4.78 is 0. The van der Waals surface area contributed by atoms with E-state index < -0.39 is 0 Å². The summed E-state index contributed by atoms with van der Waals surface area (Å²) in [5, 5.41) is 3.13. The van der Waals surface area contributed by atoms with Crippen LogP contribution in [0.25, 0.3) is 0 Å². The summed E-state index contributed by atoms with van der Waals surface area (Å²) in [5.74, 6) is 1.42. The molecular formula is C15H29N3O. The molecule has 1 heterocycles. The summed E-state index contributed by atoms with van der Waals surface area (Å²) in [7, 11) is 2.17. The lowest BCUT2D eigenvalue weighted by atomic mass is 9.84. The van der Waals surface area contributed by atoms with E-state index in [2.05, 4.69) is 17.3 Å². The van der Waals surface area contributed by atoms with Crippen LogP contribution in [0.5, 0.6) is 0 Å². The fraction of sp³-hybridized carbons (Fsp3) is 0.933. The number of nitrogens with two attached hydrogens (primary N) is 1. The Labute approximate surface area is 117 Å². The van der Waals surface area contributed by atoms with Gasteiger partial charge in [-0.3, -0.25) is 4.79 Å². The molecule has 0 aromatic heterocycles. The molecule has 0 spiro atoms. The van der Waals surface area contributed by atoms with Crippen molar-refractivity contribution in [1.82, 2.24) is 10.2 Å². The van der Waals surface area contributed by atoms with Crippen LogP contribution in [0, 0.1) is 11.8 Å². The van der Waals surface area contributed by atoms with E-state index in [-0.39, 0.29) is 5.91 Å². The Morgan fingerprint density at radius 3 is 2.63 bits per heavy atom. The SMILES string of the molecule is CN1CCC(CNC(=O)CC2CCCC(N)C2)CC1. The van der Waals surface area contributed by atoms with Gasteiger partial charge >= 0.3 is 0 Å². The summed E-state index contributed by atoms with van der Waals surface area (Å²) in [4.78, 5) is 14.3. The summed E-state index contributed by atoms with van der Waals surface area (Å²) in [6.45, 7) is 3.20. The van der Waals surface area contributed by atoms with Crippen molar-refractivity contribution < 1.29 is 4.79 Å². The first-order chi connectivity index (χ1) is 9.13. The summed E-state index contributed by atoms with van der Waals surface area (Å²) in [5.41, 5.74) is 5.97. The van der Waals surface area contributed by atoms with Crippen molar-refractivity contribution in [3.8, 4) is 0 Å². The molecule has 3 N–H and O–H groups in total. The molecule has 1 aliphatic heterocycles. The summed E-state index contributed by atoms with van der Waals surface area (Å²) in [6.07, 6.45) is 7.63. The molecule has 0 radical (unpaired) electrons. The van der Waals surface area contributed by atoms with Gasteiger partial charge in [-0.15, -0.1) is 0 Å². The third-order valence-electron chi connectivity index (χ3n) is 4.72. The maximum Gasteiger partial charge on any atom is 0.220 e. The average molecular weight is 267 g/mol. The van der Waals surface area contributed by atoms with Crippen molar-refractivity contribution in [2.45, 2.75) is 51.0 Å². The molecule has 1 amide bonds. The van der Waals surface area contributed by atoms with Crippen LogP contribution in [0.3, 0.4) is 0 Å². The van der Waals surface area contributed by atoms with Crippen LogP contribution in [0.2, 0.25) is 0 Å². The predicted molar refractivity (Wildman–Crippen MR) is 77.8 cm³/mol. The molecule has 2 aliphatic rings. The number of likely N-dealkylation sites (tertiary alicyclic amines) is 1. The number of piperidine rings is 1. The van der Waals surface area contributed by atoms with Crippen LogP contribution in [0.4, 0.5) is 0 Å². The van der Waals surface area contributed by atoms with E-state index >= 15 is 0 Å². The second kappa shape index (κ2) is 7.25. The van der Waals surface area contributed by atoms with Crippen LogP contribution < -0.4 is 11.1 Å². The number of nitrogens with zero attached hydrogens (tertiary/aromatic N) is 1. The fourth-order valence-electron chi connectivity index (χ4n) is 3.38. The van der Waals surface area contributed by atoms with Crippen LogP contribution in [-0.2, 0) is 4.79 Å². The first-order valence-corrected chi connectivity index (χ1v) is 7.84. The van der Waals surface area contributed by atoms with Gasteiger partial charge in [-0.25, -0.2) is 0 Å². The molecule has 0 aromatic carbocycles. The highest BCUT2D eigenvalue weighted by molar-refractivity contribution is 5.76. The number of amides is 1. The second-order valence-electron chi connectivity index (χ2n) is 6.55. The van der Waals surface area contributed by atoms with Gasteiger partial charge in [0.15, 0.2) is 0 Å². The first kappa shape index (κ1) is 14.8. The minimum atomic E-state index is 0.234. The van der Waals surface area contributed by atoms with Crippen molar-refractivity contribution in [3.05, 3.63) is 0 Å². The van der Waals surface area contributed by atoms with E-state index in [4.69, 9.17) is 5.73 Å². The molecule has 110 valence electrons. The predicted octanol–water partition coefficient (Wildman–Crippen LogP) is 1.35. The number of carbonyl (C=O) groups is 1. The minimum Gasteiger partial charge on any atom is -0.356 e. The molecule has 2 fully saturated rings. The zero-order valence-electron chi connectivity index (χ0n) is 12.2. The van der Waals surface area contributed by atoms with Crippen molar-refractivity contribution in [2.75, 3.05) is 26.7 Å². The first-order valence-electron chi connectivity index (χ1n) is 7.84. The summed E-state index contributed by atoms with van der Waals surface area (Å²) in [6, 6.07) is 0.320. The van der Waals surface area contributed by atoms with Gasteiger partial charge in [0.05, 0.1) is 0 Å². The second-order valence-corrected chi connectivity index (χ2v) is 6.55. The molecule has 0 bridgehead atoms. The zero-order valence-corrected chi connectivity index (χ0v) is 12.2. The average Bonchev–Trinajstić information content (AvgIpc) is 2.38. The molecule has 2 unspecified atom stereocenters. The van der Waals surface area contributed by atoms with E-state index in [0.717, 1.165) is 32.5 Å². The molecule has 2 rings (SSSR count). The lowest BCUT2D eigenvalue weighted by molar-refractivity contribution is -0.122. The van der Waals surface area contributed by atoms with E-state index in [1.807, 2.05) is 0 Å². The maximum absolute atomic E-state index is 12.0. The number of nitrogens with one attached hydrogen (secondary N) is 1. The maximum atomic E-state index is 12.0. The molecule has 1 saturated carbocycles. The molecule has 1 aliphatic carbocycles. The molecule has 2 atom stereocenters. The van der Waals surface area contributed by atoms with Crippen molar-refractivity contribution in [1.29, 1.82) is 0 Å². The minimum absolute atomic E-state index is 0.234. The van der Waals surface area contributed by atoms with Gasteiger partial charge in [0.2, 0.25) is 5.91 Å².